The summed E-state index contributed by atoms with van der Waals surface area (Å²) in [5, 5.41) is 13.6. The van der Waals surface area contributed by atoms with E-state index in [2.05, 4.69) is 32.1 Å². The Labute approximate surface area is 112 Å². The van der Waals surface area contributed by atoms with Crippen molar-refractivity contribution in [1.82, 2.24) is 14.8 Å². The number of aryl methyl sites for hydroxylation is 1. The lowest BCUT2D eigenvalue weighted by Gasteiger charge is -2.01. The molecule has 2 aromatic rings. The van der Waals surface area contributed by atoms with Gasteiger partial charge in [0.25, 0.3) is 0 Å². The molecule has 0 aliphatic rings. The maximum absolute atomic E-state index is 9.02. The van der Waals surface area contributed by atoms with Gasteiger partial charge in [-0.2, -0.15) is 10.4 Å². The molecule has 0 aliphatic heterocycles. The van der Waals surface area contributed by atoms with Crippen LogP contribution in [-0.4, -0.2) is 14.8 Å². The van der Waals surface area contributed by atoms with Gasteiger partial charge in [0.1, 0.15) is 11.6 Å². The summed E-state index contributed by atoms with van der Waals surface area (Å²) in [4.78, 5) is 4.19. The van der Waals surface area contributed by atoms with Crippen LogP contribution in [-0.2, 0) is 6.42 Å². The van der Waals surface area contributed by atoms with Crippen LogP contribution in [0.2, 0.25) is 5.15 Å². The molecule has 4 nitrogen and oxygen atoms in total. The zero-order valence-electron chi connectivity index (χ0n) is 8.98. The molecule has 2 heterocycles. The smallest absolute Gasteiger partial charge is 0.155 e. The van der Waals surface area contributed by atoms with E-state index < -0.39 is 0 Å². The van der Waals surface area contributed by atoms with Crippen molar-refractivity contribution in [3.8, 4) is 11.9 Å². The fraction of sp³-hybridized carbons (Fsp3) is 0.182. The number of hydrogen-bond donors (Lipinski definition) is 0. The van der Waals surface area contributed by atoms with Crippen molar-refractivity contribution in [2.24, 2.45) is 0 Å². The van der Waals surface area contributed by atoms with E-state index in [1.54, 1.807) is 12.3 Å². The number of hydrogen-bond acceptors (Lipinski definition) is 3. The summed E-state index contributed by atoms with van der Waals surface area (Å²) in [5.41, 5.74) is 1.10. The molecule has 0 saturated heterocycles. The van der Waals surface area contributed by atoms with Gasteiger partial charge in [0.05, 0.1) is 5.69 Å². The van der Waals surface area contributed by atoms with Crippen molar-refractivity contribution >= 4 is 27.5 Å². The summed E-state index contributed by atoms with van der Waals surface area (Å²) in [5.74, 6) is 0.592. The molecule has 0 atom stereocenters. The minimum absolute atomic E-state index is 0.305. The normalized spacial score (nSPS) is 10.2. The van der Waals surface area contributed by atoms with E-state index in [1.165, 1.54) is 4.68 Å². The fourth-order valence-electron chi connectivity index (χ4n) is 1.44. The minimum Gasteiger partial charge on any atom is -0.236 e. The monoisotopic (exact) mass is 310 g/mol. The Morgan fingerprint density at radius 1 is 1.53 bits per heavy atom. The zero-order valence-corrected chi connectivity index (χ0v) is 11.3. The third-order valence-electron chi connectivity index (χ3n) is 2.28. The molecule has 0 N–H and O–H groups in total. The van der Waals surface area contributed by atoms with Gasteiger partial charge in [-0.05, 0) is 34.5 Å². The van der Waals surface area contributed by atoms with Gasteiger partial charge in [-0.25, -0.2) is 9.67 Å². The predicted octanol–water partition coefficient (Wildman–Crippen LogP) is 3.12. The Morgan fingerprint density at radius 2 is 2.29 bits per heavy atom. The molecule has 0 bridgehead atoms. The quantitative estimate of drug-likeness (QED) is 0.856. The van der Waals surface area contributed by atoms with Crippen LogP contribution < -0.4 is 0 Å². The lowest BCUT2D eigenvalue weighted by Crippen LogP contribution is -1.99. The van der Waals surface area contributed by atoms with Crippen molar-refractivity contribution in [1.29, 1.82) is 5.26 Å². The van der Waals surface area contributed by atoms with E-state index in [4.69, 9.17) is 16.9 Å². The SMILES string of the molecule is CCc1nn(-c2ccc(Br)cn2)c(Cl)c1C#N. The van der Waals surface area contributed by atoms with Crippen LogP contribution in [0.1, 0.15) is 18.2 Å². The van der Waals surface area contributed by atoms with Gasteiger partial charge in [-0.15, -0.1) is 0 Å². The molecule has 0 aromatic carbocycles. The van der Waals surface area contributed by atoms with E-state index in [9.17, 15) is 0 Å². The summed E-state index contributed by atoms with van der Waals surface area (Å²) in [6, 6.07) is 5.69. The first-order valence-electron chi connectivity index (χ1n) is 4.96. The second kappa shape index (κ2) is 4.86. The summed E-state index contributed by atoms with van der Waals surface area (Å²) in [6.07, 6.45) is 2.32. The highest BCUT2D eigenvalue weighted by Crippen LogP contribution is 2.23. The summed E-state index contributed by atoms with van der Waals surface area (Å²) in [7, 11) is 0. The zero-order chi connectivity index (χ0) is 12.4. The third kappa shape index (κ3) is 2.19. The molecular formula is C11H8BrClN4. The van der Waals surface area contributed by atoms with Crippen LogP contribution in [0.25, 0.3) is 5.82 Å². The highest BCUT2D eigenvalue weighted by Gasteiger charge is 2.16. The molecule has 0 fully saturated rings. The van der Waals surface area contributed by atoms with Gasteiger partial charge in [-0.1, -0.05) is 18.5 Å². The van der Waals surface area contributed by atoms with Crippen LogP contribution >= 0.6 is 27.5 Å². The standard InChI is InChI=1S/C11H8BrClN4/c1-2-9-8(5-14)11(13)17(16-9)10-4-3-7(12)6-15-10/h3-4,6H,2H2,1H3. The molecule has 2 rings (SSSR count). The van der Waals surface area contributed by atoms with Gasteiger partial charge in [0.15, 0.2) is 11.0 Å². The number of rotatable bonds is 2. The van der Waals surface area contributed by atoms with Gasteiger partial charge >= 0.3 is 0 Å². The van der Waals surface area contributed by atoms with Gasteiger partial charge in [0, 0.05) is 10.7 Å². The van der Waals surface area contributed by atoms with E-state index >= 15 is 0 Å². The first-order chi connectivity index (χ1) is 8.17. The number of pyridine rings is 1. The Kier molecular flexibility index (Phi) is 3.46. The van der Waals surface area contributed by atoms with Crippen LogP contribution in [0.15, 0.2) is 22.8 Å². The fourth-order valence-corrected chi connectivity index (χ4v) is 1.95. The highest BCUT2D eigenvalue weighted by molar-refractivity contribution is 9.10. The largest absolute Gasteiger partial charge is 0.236 e. The number of halogens is 2. The lowest BCUT2D eigenvalue weighted by atomic mass is 10.2. The number of nitrogens with zero attached hydrogens (tertiary/aromatic N) is 4. The number of nitriles is 1. The second-order valence-electron chi connectivity index (χ2n) is 3.32. The molecule has 0 spiro atoms. The molecule has 0 saturated carbocycles. The third-order valence-corrected chi connectivity index (χ3v) is 3.10. The molecule has 86 valence electrons. The van der Waals surface area contributed by atoms with Crippen LogP contribution in [0.3, 0.4) is 0 Å². The van der Waals surface area contributed by atoms with Crippen LogP contribution in [0.4, 0.5) is 0 Å². The van der Waals surface area contributed by atoms with Crippen LogP contribution in [0.5, 0.6) is 0 Å². The van der Waals surface area contributed by atoms with E-state index in [0.717, 1.165) is 4.47 Å². The molecular weight excluding hydrogens is 304 g/mol. The minimum atomic E-state index is 0.305. The molecule has 0 radical (unpaired) electrons. The van der Waals surface area contributed by atoms with Gasteiger partial charge < -0.3 is 0 Å². The molecule has 2 aromatic heterocycles. The number of aromatic nitrogens is 3. The van der Waals surface area contributed by atoms with Crippen molar-refractivity contribution in [2.45, 2.75) is 13.3 Å². The maximum Gasteiger partial charge on any atom is 0.155 e. The lowest BCUT2D eigenvalue weighted by molar-refractivity contribution is 0.816. The van der Waals surface area contributed by atoms with Gasteiger partial charge in [-0.3, -0.25) is 0 Å². The second-order valence-corrected chi connectivity index (χ2v) is 4.60. The van der Waals surface area contributed by atoms with E-state index in [-0.39, 0.29) is 0 Å². The molecule has 0 unspecified atom stereocenters. The average Bonchev–Trinajstić information content (AvgIpc) is 2.66. The van der Waals surface area contributed by atoms with Crippen molar-refractivity contribution in [2.75, 3.05) is 0 Å². The maximum atomic E-state index is 9.02. The molecule has 6 heteroatoms. The topological polar surface area (TPSA) is 54.5 Å². The molecule has 0 aliphatic carbocycles. The first-order valence-corrected chi connectivity index (χ1v) is 6.14. The Bertz CT molecular complexity index is 583. The summed E-state index contributed by atoms with van der Waals surface area (Å²) < 4.78 is 2.35. The van der Waals surface area contributed by atoms with E-state index in [0.29, 0.717) is 28.6 Å². The van der Waals surface area contributed by atoms with Gasteiger partial charge in [0.2, 0.25) is 0 Å². The van der Waals surface area contributed by atoms with Crippen LogP contribution in [0, 0.1) is 11.3 Å². The molecule has 17 heavy (non-hydrogen) atoms. The average molecular weight is 312 g/mol. The Balaban J connectivity index is 2.57. The molecule has 0 amide bonds. The first kappa shape index (κ1) is 12.1. The van der Waals surface area contributed by atoms with Crippen molar-refractivity contribution < 1.29 is 0 Å². The van der Waals surface area contributed by atoms with E-state index in [1.807, 2.05) is 13.0 Å². The summed E-state index contributed by atoms with van der Waals surface area (Å²) in [6.45, 7) is 1.93. The van der Waals surface area contributed by atoms with Crippen molar-refractivity contribution in [3.05, 3.63) is 39.2 Å². The highest BCUT2D eigenvalue weighted by atomic mass is 79.9. The Hall–Kier alpha value is -1.38. The predicted molar refractivity (Wildman–Crippen MR) is 68.2 cm³/mol. The Morgan fingerprint density at radius 3 is 2.76 bits per heavy atom. The van der Waals surface area contributed by atoms with Crippen molar-refractivity contribution in [3.63, 3.8) is 0 Å². The summed E-state index contributed by atoms with van der Waals surface area (Å²) >= 11 is 9.41.